The van der Waals surface area contributed by atoms with Crippen molar-refractivity contribution >= 4 is 27.9 Å². The predicted octanol–water partition coefficient (Wildman–Crippen LogP) is -0.306. The molecule has 0 bridgehead atoms. The summed E-state index contributed by atoms with van der Waals surface area (Å²) in [6, 6.07) is -2.31. The summed E-state index contributed by atoms with van der Waals surface area (Å²) in [6.07, 6.45) is 0.710. The third kappa shape index (κ3) is 6.83. The third-order valence-corrected chi connectivity index (χ3v) is 3.31. The molecule has 0 radical (unpaired) electrons. The van der Waals surface area contributed by atoms with E-state index in [1.54, 1.807) is 21.8 Å². The molecule has 50 valence electrons. The molecule has 0 aliphatic rings. The Morgan fingerprint density at radius 2 is 2.00 bits per heavy atom. The van der Waals surface area contributed by atoms with Gasteiger partial charge >= 0.3 is 6.06 Å². The number of nitrogens with two attached hydrogens (primary N) is 1. The Morgan fingerprint density at radius 3 is 2.12 bits per heavy atom. The van der Waals surface area contributed by atoms with Crippen LogP contribution in [0.3, 0.4) is 0 Å². The molecule has 0 fully saturated rings. The van der Waals surface area contributed by atoms with Crippen LogP contribution in [-0.2, 0) is 0 Å². The Kier molecular flexibility index (Phi) is 4.17. The summed E-state index contributed by atoms with van der Waals surface area (Å²) in [5.74, 6) is 0. The first-order valence-electron chi connectivity index (χ1n) is 2.40. The fraction of sp³-hybridized carbons (Fsp3) is 1.00. The van der Waals surface area contributed by atoms with E-state index in [2.05, 4.69) is 0 Å². The second-order valence-corrected chi connectivity index (χ2v) is 8.73. The summed E-state index contributed by atoms with van der Waals surface area (Å²) in [7, 11) is 0. The van der Waals surface area contributed by atoms with Crippen molar-refractivity contribution in [3.05, 3.63) is 0 Å². The van der Waals surface area contributed by atoms with Gasteiger partial charge < -0.3 is 15.3 Å². The Hall–Kier alpha value is 0.827. The van der Waals surface area contributed by atoms with Crippen LogP contribution in [0, 0.1) is 0 Å². The summed E-state index contributed by atoms with van der Waals surface area (Å²) in [6.45, 7) is 0.541. The third-order valence-electron chi connectivity index (χ3n) is 0.699. The van der Waals surface area contributed by atoms with Crippen LogP contribution in [0.15, 0.2) is 0 Å². The van der Waals surface area contributed by atoms with E-state index in [1.807, 2.05) is 0 Å². The van der Waals surface area contributed by atoms with Crippen LogP contribution < -0.4 is 5.73 Å². The normalized spacial score (nSPS) is 12.0. The lowest BCUT2D eigenvalue weighted by Crippen LogP contribution is -2.26. The zero-order valence-corrected chi connectivity index (χ0v) is 7.63. The van der Waals surface area contributed by atoms with Crippen LogP contribution in [0.5, 0.6) is 0 Å². The van der Waals surface area contributed by atoms with Crippen molar-refractivity contribution in [1.29, 1.82) is 0 Å². The van der Waals surface area contributed by atoms with E-state index in [1.165, 1.54) is 0 Å². The van der Waals surface area contributed by atoms with Crippen molar-refractivity contribution in [3.8, 4) is 0 Å². The zero-order valence-electron chi connectivity index (χ0n) is 4.47. The van der Waals surface area contributed by atoms with Crippen molar-refractivity contribution in [2.75, 3.05) is 6.54 Å². The SMILES string of the molecule is NCCC[Si](O)(O)I. The van der Waals surface area contributed by atoms with Crippen LogP contribution in [0.25, 0.3) is 0 Å². The van der Waals surface area contributed by atoms with Gasteiger partial charge in [-0.15, -0.1) is 0 Å². The lowest BCUT2D eigenvalue weighted by atomic mass is 10.5. The smallest absolute Gasteiger partial charge is 0.402 e. The fourth-order valence-corrected chi connectivity index (χ4v) is 2.13. The second-order valence-electron chi connectivity index (χ2n) is 1.61. The first-order chi connectivity index (χ1) is 3.56. The van der Waals surface area contributed by atoms with Gasteiger partial charge in [-0.25, -0.2) is 0 Å². The Balaban J connectivity index is 3.11. The number of hydrogen-bond acceptors (Lipinski definition) is 3. The molecule has 3 nitrogen and oxygen atoms in total. The highest BCUT2D eigenvalue weighted by atomic mass is 127. The lowest BCUT2D eigenvalue weighted by Gasteiger charge is -2.06. The van der Waals surface area contributed by atoms with E-state index < -0.39 is 6.06 Å². The molecular formula is C3H10INO2Si. The molecule has 0 saturated carbocycles. The van der Waals surface area contributed by atoms with Gasteiger partial charge in [-0.1, -0.05) is 0 Å². The van der Waals surface area contributed by atoms with E-state index in [4.69, 9.17) is 15.3 Å². The number of hydrogen-bond donors (Lipinski definition) is 3. The summed E-state index contributed by atoms with van der Waals surface area (Å²) < 4.78 is 0. The maximum absolute atomic E-state index is 8.77. The van der Waals surface area contributed by atoms with Gasteiger partial charge in [-0.05, 0) is 34.8 Å². The van der Waals surface area contributed by atoms with Crippen LogP contribution in [0.1, 0.15) is 6.42 Å². The second kappa shape index (κ2) is 3.78. The van der Waals surface area contributed by atoms with Gasteiger partial charge in [0.2, 0.25) is 0 Å². The minimum atomic E-state index is -2.79. The standard InChI is InChI=1S/C3H10INO2Si/c4-8(6,7)3-1-2-5/h6-7H,1-3,5H2. The quantitative estimate of drug-likeness (QED) is 0.364. The molecule has 4 N–H and O–H groups in total. The molecule has 0 aliphatic heterocycles. The molecular weight excluding hydrogens is 237 g/mol. The average Bonchev–Trinajstić information content (AvgIpc) is 1.59. The van der Waals surface area contributed by atoms with E-state index in [9.17, 15) is 0 Å². The molecule has 0 unspecified atom stereocenters. The Morgan fingerprint density at radius 1 is 1.50 bits per heavy atom. The molecule has 0 aliphatic carbocycles. The van der Waals surface area contributed by atoms with Crippen molar-refractivity contribution in [2.24, 2.45) is 5.73 Å². The highest BCUT2D eigenvalue weighted by Crippen LogP contribution is 2.11. The van der Waals surface area contributed by atoms with E-state index >= 15 is 0 Å². The molecule has 5 heteroatoms. The number of rotatable bonds is 3. The van der Waals surface area contributed by atoms with Crippen LogP contribution in [0.4, 0.5) is 0 Å². The van der Waals surface area contributed by atoms with Crippen LogP contribution in [0.2, 0.25) is 6.04 Å². The number of halogens is 1. The van der Waals surface area contributed by atoms with Gasteiger partial charge in [0.15, 0.2) is 0 Å². The molecule has 0 rings (SSSR count). The highest BCUT2D eigenvalue weighted by molar-refractivity contribution is 14.1. The van der Waals surface area contributed by atoms with Crippen molar-refractivity contribution in [2.45, 2.75) is 12.5 Å². The zero-order chi connectivity index (χ0) is 6.62. The first kappa shape index (κ1) is 8.83. The largest absolute Gasteiger partial charge is 0.403 e. The van der Waals surface area contributed by atoms with Crippen molar-refractivity contribution in [3.63, 3.8) is 0 Å². The molecule has 0 aromatic carbocycles. The summed E-state index contributed by atoms with van der Waals surface area (Å²) in [4.78, 5) is 17.5. The summed E-state index contributed by atoms with van der Waals surface area (Å²) in [5, 5.41) is 0. The maximum atomic E-state index is 8.77. The molecule has 0 saturated heterocycles. The van der Waals surface area contributed by atoms with Crippen molar-refractivity contribution < 1.29 is 9.59 Å². The Labute approximate surface area is 62.4 Å². The topological polar surface area (TPSA) is 66.5 Å². The molecule has 0 amide bonds. The van der Waals surface area contributed by atoms with E-state index in [0.29, 0.717) is 19.0 Å². The molecule has 0 heterocycles. The minimum Gasteiger partial charge on any atom is -0.403 e. The van der Waals surface area contributed by atoms with Gasteiger partial charge in [0.25, 0.3) is 0 Å². The van der Waals surface area contributed by atoms with Gasteiger partial charge in [-0.2, -0.15) is 0 Å². The Bertz CT molecular complexity index is 64.8. The molecule has 8 heavy (non-hydrogen) atoms. The van der Waals surface area contributed by atoms with E-state index in [-0.39, 0.29) is 0 Å². The van der Waals surface area contributed by atoms with Crippen molar-refractivity contribution in [1.82, 2.24) is 0 Å². The molecule has 0 aromatic heterocycles. The first-order valence-corrected chi connectivity index (χ1v) is 7.61. The van der Waals surface area contributed by atoms with E-state index in [0.717, 1.165) is 0 Å². The molecule has 0 aromatic rings. The summed E-state index contributed by atoms with van der Waals surface area (Å²) >= 11 is 1.69. The lowest BCUT2D eigenvalue weighted by molar-refractivity contribution is 0.398. The van der Waals surface area contributed by atoms with Gasteiger partial charge in [0.1, 0.15) is 0 Å². The average molecular weight is 247 g/mol. The summed E-state index contributed by atoms with van der Waals surface area (Å²) in [5.41, 5.74) is 5.13. The molecule has 0 spiro atoms. The fourth-order valence-electron chi connectivity index (χ4n) is 0.327. The maximum Gasteiger partial charge on any atom is 0.402 e. The monoisotopic (exact) mass is 247 g/mol. The van der Waals surface area contributed by atoms with Gasteiger partial charge in [0.05, 0.1) is 0 Å². The van der Waals surface area contributed by atoms with Gasteiger partial charge in [-0.3, -0.25) is 0 Å². The van der Waals surface area contributed by atoms with Gasteiger partial charge in [0, 0.05) is 6.04 Å². The molecule has 0 atom stereocenters. The minimum absolute atomic E-state index is 0.476. The highest BCUT2D eigenvalue weighted by Gasteiger charge is 2.22. The predicted molar refractivity (Wildman–Crippen MR) is 42.7 cm³/mol. The van der Waals surface area contributed by atoms with Crippen LogP contribution in [-0.4, -0.2) is 22.2 Å². The van der Waals surface area contributed by atoms with Crippen LogP contribution >= 0.6 is 21.8 Å².